The van der Waals surface area contributed by atoms with E-state index < -0.39 is 0 Å². The molecule has 0 spiro atoms. The van der Waals surface area contributed by atoms with Crippen molar-refractivity contribution in [2.24, 2.45) is 0 Å². The molecule has 1 aromatic heterocycles. The number of nitrogens with one attached hydrogen (secondary N) is 2. The maximum Gasteiger partial charge on any atom is 0.241 e. The van der Waals surface area contributed by atoms with E-state index in [1.54, 1.807) is 17.1 Å². The summed E-state index contributed by atoms with van der Waals surface area (Å²) in [5.41, 5.74) is 0. The summed E-state index contributed by atoms with van der Waals surface area (Å²) in [6.07, 6.45) is 6.70. The number of hydrogen-bond donors (Lipinski definition) is 2. The van der Waals surface area contributed by atoms with Gasteiger partial charge in [0.25, 0.3) is 0 Å². The third-order valence-electron chi connectivity index (χ3n) is 2.81. The van der Waals surface area contributed by atoms with Crippen molar-refractivity contribution in [1.82, 2.24) is 20.4 Å². The summed E-state index contributed by atoms with van der Waals surface area (Å²) in [7, 11) is 0. The maximum atomic E-state index is 11.7. The Morgan fingerprint density at radius 3 is 3.25 bits per heavy atom. The lowest BCUT2D eigenvalue weighted by Crippen LogP contribution is -2.37. The second-order valence-electron chi connectivity index (χ2n) is 4.15. The van der Waals surface area contributed by atoms with Crippen molar-refractivity contribution in [2.75, 3.05) is 13.1 Å². The van der Waals surface area contributed by atoms with Gasteiger partial charge in [-0.3, -0.25) is 9.48 Å². The fourth-order valence-electron chi connectivity index (χ4n) is 1.98. The van der Waals surface area contributed by atoms with E-state index in [0.717, 1.165) is 32.4 Å². The van der Waals surface area contributed by atoms with E-state index in [0.29, 0.717) is 12.6 Å². The molecule has 88 valence electrons. The van der Waals surface area contributed by atoms with Gasteiger partial charge >= 0.3 is 0 Å². The third kappa shape index (κ3) is 3.34. The molecule has 2 rings (SSSR count). The van der Waals surface area contributed by atoms with Crippen LogP contribution in [0.2, 0.25) is 0 Å². The van der Waals surface area contributed by atoms with Crippen molar-refractivity contribution in [3.8, 4) is 0 Å². The van der Waals surface area contributed by atoms with Crippen LogP contribution >= 0.6 is 0 Å². The summed E-state index contributed by atoms with van der Waals surface area (Å²) in [4.78, 5) is 11.7. The van der Waals surface area contributed by atoms with Crippen molar-refractivity contribution in [3.05, 3.63) is 18.5 Å². The number of hydrogen-bond acceptors (Lipinski definition) is 3. The van der Waals surface area contributed by atoms with Gasteiger partial charge < -0.3 is 10.6 Å². The largest absolute Gasteiger partial charge is 0.352 e. The van der Waals surface area contributed by atoms with E-state index in [-0.39, 0.29) is 5.91 Å². The van der Waals surface area contributed by atoms with Crippen molar-refractivity contribution in [2.45, 2.75) is 31.8 Å². The topological polar surface area (TPSA) is 59.0 Å². The molecular formula is C11H18N4O. The minimum Gasteiger partial charge on any atom is -0.352 e. The first-order chi connectivity index (χ1) is 7.84. The predicted molar refractivity (Wildman–Crippen MR) is 60.9 cm³/mol. The Labute approximate surface area is 95.2 Å². The number of carbonyl (C=O) groups is 1. The van der Waals surface area contributed by atoms with Gasteiger partial charge in [-0.1, -0.05) is 0 Å². The average Bonchev–Trinajstić information content (AvgIpc) is 2.62. The van der Waals surface area contributed by atoms with Gasteiger partial charge in [-0.25, -0.2) is 0 Å². The molecule has 0 aliphatic carbocycles. The molecule has 1 aliphatic heterocycles. The molecule has 2 heterocycles. The second-order valence-corrected chi connectivity index (χ2v) is 4.15. The molecule has 0 saturated carbocycles. The van der Waals surface area contributed by atoms with Crippen molar-refractivity contribution in [3.63, 3.8) is 0 Å². The molecule has 1 atom stereocenters. The van der Waals surface area contributed by atoms with E-state index in [1.807, 2.05) is 6.07 Å². The van der Waals surface area contributed by atoms with Gasteiger partial charge in [0.05, 0.1) is 0 Å². The second kappa shape index (κ2) is 5.65. The standard InChI is InChI=1S/C11H18N4O/c16-11(9-15-8-2-6-13-15)14-10-3-1-5-12-7-4-10/h2,6,8,10,12H,1,3-5,7,9H2,(H,14,16). The van der Waals surface area contributed by atoms with Crippen LogP contribution in [0.4, 0.5) is 0 Å². The Hall–Kier alpha value is -1.36. The van der Waals surface area contributed by atoms with Gasteiger partial charge in [-0.2, -0.15) is 5.10 Å². The average molecular weight is 222 g/mol. The molecule has 16 heavy (non-hydrogen) atoms. The summed E-state index contributed by atoms with van der Waals surface area (Å²) in [6, 6.07) is 2.14. The Balaban J connectivity index is 1.77. The normalized spacial score (nSPS) is 21.4. The first kappa shape index (κ1) is 11.1. The van der Waals surface area contributed by atoms with Gasteiger partial charge in [-0.05, 0) is 38.4 Å². The van der Waals surface area contributed by atoms with Gasteiger partial charge in [0, 0.05) is 18.4 Å². The van der Waals surface area contributed by atoms with E-state index in [9.17, 15) is 4.79 Å². The highest BCUT2D eigenvalue weighted by Gasteiger charge is 2.14. The number of carbonyl (C=O) groups excluding carboxylic acids is 1. The molecule has 1 amide bonds. The Bertz CT molecular complexity index is 315. The number of nitrogens with zero attached hydrogens (tertiary/aromatic N) is 2. The van der Waals surface area contributed by atoms with Gasteiger partial charge in [-0.15, -0.1) is 0 Å². The molecule has 1 aliphatic rings. The fourth-order valence-corrected chi connectivity index (χ4v) is 1.98. The molecule has 2 N–H and O–H groups in total. The van der Waals surface area contributed by atoms with Gasteiger partial charge in [0.2, 0.25) is 5.91 Å². The summed E-state index contributed by atoms with van der Waals surface area (Å²) in [6.45, 7) is 2.37. The van der Waals surface area contributed by atoms with Crippen LogP contribution in [0.15, 0.2) is 18.5 Å². The fraction of sp³-hybridized carbons (Fsp3) is 0.636. The molecule has 5 heteroatoms. The summed E-state index contributed by atoms with van der Waals surface area (Å²) in [5.74, 6) is 0.0515. The molecule has 0 aromatic carbocycles. The first-order valence-corrected chi connectivity index (χ1v) is 5.82. The monoisotopic (exact) mass is 222 g/mol. The lowest BCUT2D eigenvalue weighted by Gasteiger charge is -2.15. The smallest absolute Gasteiger partial charge is 0.241 e. The first-order valence-electron chi connectivity index (χ1n) is 5.82. The maximum absolute atomic E-state index is 11.7. The minimum absolute atomic E-state index is 0.0515. The zero-order valence-corrected chi connectivity index (χ0v) is 9.35. The highest BCUT2D eigenvalue weighted by Crippen LogP contribution is 2.04. The van der Waals surface area contributed by atoms with Crippen molar-refractivity contribution in [1.29, 1.82) is 0 Å². The zero-order chi connectivity index (χ0) is 11.2. The van der Waals surface area contributed by atoms with Crippen molar-refractivity contribution < 1.29 is 4.79 Å². The third-order valence-corrected chi connectivity index (χ3v) is 2.81. The summed E-state index contributed by atoms with van der Waals surface area (Å²) < 4.78 is 1.64. The predicted octanol–water partition coefficient (Wildman–Crippen LogP) is 0.141. The van der Waals surface area contributed by atoms with Crippen LogP contribution in [-0.2, 0) is 11.3 Å². The van der Waals surface area contributed by atoms with E-state index in [2.05, 4.69) is 15.7 Å². The highest BCUT2D eigenvalue weighted by atomic mass is 16.2. The number of aromatic nitrogens is 2. The Kier molecular flexibility index (Phi) is 3.93. The molecule has 1 aromatic rings. The zero-order valence-electron chi connectivity index (χ0n) is 9.35. The highest BCUT2D eigenvalue weighted by molar-refractivity contribution is 5.75. The minimum atomic E-state index is 0.0515. The van der Waals surface area contributed by atoms with Crippen LogP contribution in [0.3, 0.4) is 0 Å². The molecule has 1 fully saturated rings. The Morgan fingerprint density at radius 1 is 1.50 bits per heavy atom. The van der Waals surface area contributed by atoms with Crippen LogP contribution in [0.1, 0.15) is 19.3 Å². The van der Waals surface area contributed by atoms with Crippen LogP contribution in [0.25, 0.3) is 0 Å². The van der Waals surface area contributed by atoms with Gasteiger partial charge in [0.1, 0.15) is 6.54 Å². The van der Waals surface area contributed by atoms with E-state index in [4.69, 9.17) is 0 Å². The molecule has 5 nitrogen and oxygen atoms in total. The number of rotatable bonds is 3. The molecule has 0 bridgehead atoms. The molecule has 1 unspecified atom stereocenters. The van der Waals surface area contributed by atoms with Crippen LogP contribution in [-0.4, -0.2) is 34.8 Å². The van der Waals surface area contributed by atoms with Crippen molar-refractivity contribution >= 4 is 5.91 Å². The quantitative estimate of drug-likeness (QED) is 0.765. The van der Waals surface area contributed by atoms with E-state index >= 15 is 0 Å². The SMILES string of the molecule is O=C(Cn1cccn1)NC1CCCNCC1. The van der Waals surface area contributed by atoms with Crippen LogP contribution in [0.5, 0.6) is 0 Å². The molecule has 1 saturated heterocycles. The van der Waals surface area contributed by atoms with Gasteiger partial charge in [0.15, 0.2) is 0 Å². The molecule has 0 radical (unpaired) electrons. The Morgan fingerprint density at radius 2 is 2.44 bits per heavy atom. The summed E-state index contributed by atoms with van der Waals surface area (Å²) >= 11 is 0. The van der Waals surface area contributed by atoms with E-state index in [1.165, 1.54) is 0 Å². The summed E-state index contributed by atoms with van der Waals surface area (Å²) in [5, 5.41) is 10.4. The lowest BCUT2D eigenvalue weighted by atomic mass is 10.1. The lowest BCUT2D eigenvalue weighted by molar-refractivity contribution is -0.122. The number of amides is 1. The van der Waals surface area contributed by atoms with Crippen LogP contribution in [0, 0.1) is 0 Å². The molecular weight excluding hydrogens is 204 g/mol. The van der Waals surface area contributed by atoms with Crippen LogP contribution < -0.4 is 10.6 Å².